The maximum absolute atomic E-state index is 12.0. The van der Waals surface area contributed by atoms with Crippen molar-refractivity contribution >= 4 is 5.97 Å². The average molecular weight is 227 g/mol. The molecule has 0 amide bonds. The van der Waals surface area contributed by atoms with E-state index in [2.05, 4.69) is 0 Å². The SMILES string of the molecule is C[C@H](C[C@H](CN)CC(=O)O)CC(F)(F)F. The van der Waals surface area contributed by atoms with Crippen LogP contribution in [0.3, 0.4) is 0 Å². The molecular weight excluding hydrogens is 211 g/mol. The Labute approximate surface area is 86.5 Å². The van der Waals surface area contributed by atoms with Crippen molar-refractivity contribution in [1.29, 1.82) is 0 Å². The van der Waals surface area contributed by atoms with Crippen LogP contribution in [0.15, 0.2) is 0 Å². The second-order valence-electron chi connectivity index (χ2n) is 3.86. The lowest BCUT2D eigenvalue weighted by Crippen LogP contribution is -2.22. The molecule has 0 aliphatic carbocycles. The minimum atomic E-state index is -4.19. The van der Waals surface area contributed by atoms with Crippen molar-refractivity contribution in [2.45, 2.75) is 32.4 Å². The number of hydrogen-bond donors (Lipinski definition) is 2. The smallest absolute Gasteiger partial charge is 0.389 e. The van der Waals surface area contributed by atoms with Crippen LogP contribution in [0.2, 0.25) is 0 Å². The van der Waals surface area contributed by atoms with E-state index in [1.54, 1.807) is 0 Å². The molecule has 15 heavy (non-hydrogen) atoms. The third-order valence-electron chi connectivity index (χ3n) is 2.11. The number of carboxylic acid groups (broad SMARTS) is 1. The van der Waals surface area contributed by atoms with E-state index in [1.807, 2.05) is 0 Å². The molecule has 0 saturated carbocycles. The quantitative estimate of drug-likeness (QED) is 0.729. The number of aliphatic carboxylic acids is 1. The maximum atomic E-state index is 12.0. The lowest BCUT2D eigenvalue weighted by molar-refractivity contribution is -0.144. The Hall–Kier alpha value is -0.780. The van der Waals surface area contributed by atoms with Crippen molar-refractivity contribution in [1.82, 2.24) is 0 Å². The molecule has 0 aromatic rings. The fourth-order valence-electron chi connectivity index (χ4n) is 1.56. The first-order valence-electron chi connectivity index (χ1n) is 4.73. The summed E-state index contributed by atoms with van der Waals surface area (Å²) >= 11 is 0. The van der Waals surface area contributed by atoms with Gasteiger partial charge < -0.3 is 10.8 Å². The molecule has 0 heterocycles. The number of nitrogens with two attached hydrogens (primary N) is 1. The van der Waals surface area contributed by atoms with Crippen LogP contribution in [0.4, 0.5) is 13.2 Å². The molecule has 0 spiro atoms. The Bertz CT molecular complexity index is 206. The second kappa shape index (κ2) is 5.95. The molecule has 3 N–H and O–H groups in total. The molecule has 0 saturated heterocycles. The minimum absolute atomic E-state index is 0.106. The van der Waals surface area contributed by atoms with Gasteiger partial charge in [-0.15, -0.1) is 0 Å². The molecule has 0 bridgehead atoms. The predicted molar refractivity (Wildman–Crippen MR) is 49.3 cm³/mol. The fraction of sp³-hybridized carbons (Fsp3) is 0.889. The topological polar surface area (TPSA) is 63.3 Å². The molecule has 0 fully saturated rings. The van der Waals surface area contributed by atoms with E-state index in [4.69, 9.17) is 10.8 Å². The molecule has 0 aromatic heterocycles. The van der Waals surface area contributed by atoms with Crippen molar-refractivity contribution < 1.29 is 23.1 Å². The summed E-state index contributed by atoms with van der Waals surface area (Å²) in [5.41, 5.74) is 5.29. The average Bonchev–Trinajstić information content (AvgIpc) is 1.98. The number of alkyl halides is 3. The number of rotatable bonds is 6. The summed E-state index contributed by atoms with van der Waals surface area (Å²) in [7, 11) is 0. The summed E-state index contributed by atoms with van der Waals surface area (Å²) in [6.07, 6.45) is -5.05. The molecule has 90 valence electrons. The van der Waals surface area contributed by atoms with Crippen LogP contribution < -0.4 is 5.73 Å². The lowest BCUT2D eigenvalue weighted by atomic mass is 9.91. The highest BCUT2D eigenvalue weighted by atomic mass is 19.4. The lowest BCUT2D eigenvalue weighted by Gasteiger charge is -2.19. The van der Waals surface area contributed by atoms with Crippen molar-refractivity contribution in [3.8, 4) is 0 Å². The van der Waals surface area contributed by atoms with Crippen LogP contribution in [0.1, 0.15) is 26.2 Å². The predicted octanol–water partition coefficient (Wildman–Crippen LogP) is 2.01. The molecule has 0 radical (unpaired) electrons. The Morgan fingerprint density at radius 2 is 2.00 bits per heavy atom. The van der Waals surface area contributed by atoms with Gasteiger partial charge in [-0.2, -0.15) is 13.2 Å². The highest BCUT2D eigenvalue weighted by Gasteiger charge is 2.30. The largest absolute Gasteiger partial charge is 0.481 e. The van der Waals surface area contributed by atoms with Gasteiger partial charge in [-0.05, 0) is 24.8 Å². The summed E-state index contributed by atoms with van der Waals surface area (Å²) in [5.74, 6) is -1.98. The summed E-state index contributed by atoms with van der Waals surface area (Å²) in [6, 6.07) is 0. The summed E-state index contributed by atoms with van der Waals surface area (Å²) in [4.78, 5) is 10.4. The van der Waals surface area contributed by atoms with Gasteiger partial charge in [0, 0.05) is 12.8 Å². The first-order valence-corrected chi connectivity index (χ1v) is 4.73. The number of carbonyl (C=O) groups is 1. The van der Waals surface area contributed by atoms with Gasteiger partial charge in [0.05, 0.1) is 0 Å². The van der Waals surface area contributed by atoms with Gasteiger partial charge in [0.1, 0.15) is 0 Å². The molecular formula is C9H16F3NO2. The van der Waals surface area contributed by atoms with Crippen molar-refractivity contribution in [3.05, 3.63) is 0 Å². The standard InChI is InChI=1S/C9H16F3NO2/c1-6(4-9(10,11)12)2-7(5-13)3-8(14)15/h6-7H,2-5,13H2,1H3,(H,14,15)/t6-,7+/m1/s1. The van der Waals surface area contributed by atoms with Crippen LogP contribution in [0.25, 0.3) is 0 Å². The second-order valence-corrected chi connectivity index (χ2v) is 3.86. The van der Waals surface area contributed by atoms with Gasteiger partial charge in [-0.3, -0.25) is 4.79 Å². The third-order valence-corrected chi connectivity index (χ3v) is 2.11. The van der Waals surface area contributed by atoms with Gasteiger partial charge >= 0.3 is 12.1 Å². The summed E-state index contributed by atoms with van der Waals surface area (Å²) < 4.78 is 35.9. The molecule has 0 aliphatic heterocycles. The first-order chi connectivity index (χ1) is 6.74. The molecule has 0 aliphatic rings. The summed E-state index contributed by atoms with van der Waals surface area (Å²) in [6.45, 7) is 1.56. The Kier molecular flexibility index (Phi) is 5.64. The Morgan fingerprint density at radius 3 is 2.33 bits per heavy atom. The van der Waals surface area contributed by atoms with E-state index < -0.39 is 24.5 Å². The van der Waals surface area contributed by atoms with Crippen LogP contribution in [-0.2, 0) is 4.79 Å². The van der Waals surface area contributed by atoms with Gasteiger partial charge in [-0.1, -0.05) is 6.92 Å². The zero-order valence-corrected chi connectivity index (χ0v) is 8.55. The van der Waals surface area contributed by atoms with E-state index in [9.17, 15) is 18.0 Å². The van der Waals surface area contributed by atoms with Crippen LogP contribution >= 0.6 is 0 Å². The molecule has 0 aromatic carbocycles. The molecule has 2 atom stereocenters. The van der Waals surface area contributed by atoms with Crippen molar-refractivity contribution in [3.63, 3.8) is 0 Å². The first kappa shape index (κ1) is 14.2. The van der Waals surface area contributed by atoms with E-state index in [-0.39, 0.29) is 25.3 Å². The van der Waals surface area contributed by atoms with E-state index in [1.165, 1.54) is 6.92 Å². The molecule has 6 heteroatoms. The van der Waals surface area contributed by atoms with Gasteiger partial charge in [0.25, 0.3) is 0 Å². The minimum Gasteiger partial charge on any atom is -0.481 e. The van der Waals surface area contributed by atoms with Gasteiger partial charge in [0.2, 0.25) is 0 Å². The number of hydrogen-bond acceptors (Lipinski definition) is 2. The number of halogens is 3. The molecule has 0 rings (SSSR count). The fourth-order valence-corrected chi connectivity index (χ4v) is 1.56. The third kappa shape index (κ3) is 8.23. The highest BCUT2D eigenvalue weighted by molar-refractivity contribution is 5.67. The Balaban J connectivity index is 4.01. The highest BCUT2D eigenvalue weighted by Crippen LogP contribution is 2.28. The number of carboxylic acids is 1. The van der Waals surface area contributed by atoms with E-state index in [0.717, 1.165) is 0 Å². The molecule has 3 nitrogen and oxygen atoms in total. The van der Waals surface area contributed by atoms with E-state index in [0.29, 0.717) is 0 Å². The van der Waals surface area contributed by atoms with Gasteiger partial charge in [-0.25, -0.2) is 0 Å². The van der Waals surface area contributed by atoms with Crippen LogP contribution in [0.5, 0.6) is 0 Å². The van der Waals surface area contributed by atoms with Crippen LogP contribution in [-0.4, -0.2) is 23.8 Å². The zero-order chi connectivity index (χ0) is 12.1. The normalized spacial score (nSPS) is 16.1. The van der Waals surface area contributed by atoms with E-state index >= 15 is 0 Å². The Morgan fingerprint density at radius 1 is 1.47 bits per heavy atom. The maximum Gasteiger partial charge on any atom is 0.389 e. The van der Waals surface area contributed by atoms with Crippen molar-refractivity contribution in [2.75, 3.05) is 6.54 Å². The van der Waals surface area contributed by atoms with Crippen molar-refractivity contribution in [2.24, 2.45) is 17.6 Å². The monoisotopic (exact) mass is 227 g/mol. The summed E-state index contributed by atoms with van der Waals surface area (Å²) in [5, 5.41) is 8.48. The van der Waals surface area contributed by atoms with Crippen LogP contribution in [0, 0.1) is 11.8 Å². The van der Waals surface area contributed by atoms with Gasteiger partial charge in [0.15, 0.2) is 0 Å². The molecule has 0 unspecified atom stereocenters. The zero-order valence-electron chi connectivity index (χ0n) is 8.55.